The van der Waals surface area contributed by atoms with Gasteiger partial charge < -0.3 is 10.6 Å². The monoisotopic (exact) mass is 345 g/mol. The minimum Gasteiger partial charge on any atom is -0.356 e. The molecular weight excluding hydrogens is 321 g/mol. The average Bonchev–Trinajstić information content (AvgIpc) is 2.16. The summed E-state index contributed by atoms with van der Waals surface area (Å²) in [4.78, 5) is 4.15. The van der Waals surface area contributed by atoms with Crippen LogP contribution < -0.4 is 10.6 Å². The number of hydrogen-bond donors (Lipinski definition) is 2. The molecule has 0 saturated heterocycles. The lowest BCUT2D eigenvalue weighted by molar-refractivity contribution is 0.614. The van der Waals surface area contributed by atoms with Gasteiger partial charge in [-0.2, -0.15) is 11.8 Å². The summed E-state index contributed by atoms with van der Waals surface area (Å²) < 4.78 is 0. The van der Waals surface area contributed by atoms with E-state index in [9.17, 15) is 0 Å². The summed E-state index contributed by atoms with van der Waals surface area (Å²) in [5.41, 5.74) is 0. The van der Waals surface area contributed by atoms with E-state index in [1.165, 1.54) is 12.2 Å². The zero-order valence-corrected chi connectivity index (χ0v) is 13.3. The molecule has 92 valence electrons. The van der Waals surface area contributed by atoms with Crippen LogP contribution >= 0.6 is 35.7 Å². The third-order valence-corrected chi connectivity index (χ3v) is 2.42. The van der Waals surface area contributed by atoms with E-state index < -0.39 is 0 Å². The lowest BCUT2D eigenvalue weighted by Crippen LogP contribution is -2.39. The fourth-order valence-electron chi connectivity index (χ4n) is 0.945. The van der Waals surface area contributed by atoms with Gasteiger partial charge in [-0.15, -0.1) is 24.0 Å². The molecule has 0 aliphatic rings. The van der Waals surface area contributed by atoms with E-state index in [0.29, 0.717) is 5.92 Å². The first-order chi connectivity index (χ1) is 6.70. The SMILES string of the molecule is CN=C(NCCCSC)NCC(C)C.I. The van der Waals surface area contributed by atoms with Gasteiger partial charge in [0.2, 0.25) is 0 Å². The molecule has 0 aliphatic carbocycles. The first-order valence-electron chi connectivity index (χ1n) is 5.14. The quantitative estimate of drug-likeness (QED) is 0.335. The Bertz CT molecular complexity index is 163. The van der Waals surface area contributed by atoms with Gasteiger partial charge >= 0.3 is 0 Å². The minimum atomic E-state index is 0. The molecule has 5 heteroatoms. The Morgan fingerprint density at radius 3 is 2.47 bits per heavy atom. The highest BCUT2D eigenvalue weighted by Crippen LogP contribution is 1.93. The van der Waals surface area contributed by atoms with Crippen molar-refractivity contribution < 1.29 is 0 Å². The van der Waals surface area contributed by atoms with E-state index >= 15 is 0 Å². The van der Waals surface area contributed by atoms with Crippen LogP contribution in [0.2, 0.25) is 0 Å². The van der Waals surface area contributed by atoms with Crippen LogP contribution in [-0.2, 0) is 0 Å². The predicted octanol–water partition coefficient (Wildman–Crippen LogP) is 2.18. The lowest BCUT2D eigenvalue weighted by Gasteiger charge is -2.12. The molecule has 0 aromatic rings. The Hall–Kier alpha value is 0.350. The number of aliphatic imine (C=N–C) groups is 1. The van der Waals surface area contributed by atoms with E-state index in [4.69, 9.17) is 0 Å². The van der Waals surface area contributed by atoms with Crippen molar-refractivity contribution in [1.82, 2.24) is 10.6 Å². The van der Waals surface area contributed by atoms with Crippen molar-refractivity contribution in [1.29, 1.82) is 0 Å². The fourth-order valence-corrected chi connectivity index (χ4v) is 1.38. The van der Waals surface area contributed by atoms with E-state index in [-0.39, 0.29) is 24.0 Å². The number of hydrogen-bond acceptors (Lipinski definition) is 2. The first kappa shape index (κ1) is 17.7. The topological polar surface area (TPSA) is 36.4 Å². The maximum Gasteiger partial charge on any atom is 0.190 e. The zero-order chi connectivity index (χ0) is 10.8. The summed E-state index contributed by atoms with van der Waals surface area (Å²) in [7, 11) is 1.81. The van der Waals surface area contributed by atoms with Crippen molar-refractivity contribution >= 4 is 41.7 Å². The molecule has 15 heavy (non-hydrogen) atoms. The van der Waals surface area contributed by atoms with Crippen molar-refractivity contribution in [2.75, 3.05) is 32.1 Å². The van der Waals surface area contributed by atoms with Gasteiger partial charge in [0, 0.05) is 20.1 Å². The van der Waals surface area contributed by atoms with Crippen LogP contribution in [0.3, 0.4) is 0 Å². The smallest absolute Gasteiger partial charge is 0.190 e. The maximum absolute atomic E-state index is 4.15. The third-order valence-electron chi connectivity index (χ3n) is 1.72. The predicted molar refractivity (Wildman–Crippen MR) is 82.6 cm³/mol. The Labute approximate surface area is 115 Å². The van der Waals surface area contributed by atoms with Gasteiger partial charge in [-0.3, -0.25) is 4.99 Å². The van der Waals surface area contributed by atoms with Gasteiger partial charge in [-0.05, 0) is 24.3 Å². The summed E-state index contributed by atoms with van der Waals surface area (Å²) >= 11 is 1.88. The molecule has 0 rings (SSSR count). The van der Waals surface area contributed by atoms with Crippen LogP contribution in [0.1, 0.15) is 20.3 Å². The van der Waals surface area contributed by atoms with Gasteiger partial charge in [-0.1, -0.05) is 13.8 Å². The van der Waals surface area contributed by atoms with Crippen molar-refractivity contribution in [2.24, 2.45) is 10.9 Å². The van der Waals surface area contributed by atoms with E-state index in [1.807, 2.05) is 18.8 Å². The average molecular weight is 345 g/mol. The fraction of sp³-hybridized carbons (Fsp3) is 0.900. The highest BCUT2D eigenvalue weighted by atomic mass is 127. The second kappa shape index (κ2) is 12.4. The molecule has 0 fully saturated rings. The van der Waals surface area contributed by atoms with Crippen molar-refractivity contribution in [3.63, 3.8) is 0 Å². The normalized spacial score (nSPS) is 11.1. The Morgan fingerprint density at radius 2 is 2.00 bits per heavy atom. The molecule has 0 spiro atoms. The first-order valence-corrected chi connectivity index (χ1v) is 6.53. The largest absolute Gasteiger partial charge is 0.356 e. The molecule has 0 aromatic heterocycles. The number of thioether (sulfide) groups is 1. The summed E-state index contributed by atoms with van der Waals surface area (Å²) in [6, 6.07) is 0. The number of guanidine groups is 1. The molecule has 0 saturated carbocycles. The zero-order valence-electron chi connectivity index (χ0n) is 10.2. The van der Waals surface area contributed by atoms with E-state index in [0.717, 1.165) is 19.0 Å². The van der Waals surface area contributed by atoms with Crippen molar-refractivity contribution in [3.05, 3.63) is 0 Å². The highest BCUT2D eigenvalue weighted by Gasteiger charge is 1.97. The summed E-state index contributed by atoms with van der Waals surface area (Å²) in [5.74, 6) is 2.77. The molecule has 0 aromatic carbocycles. The van der Waals surface area contributed by atoms with Gasteiger partial charge in [0.25, 0.3) is 0 Å². The molecular formula is C10H24IN3S. The second-order valence-electron chi connectivity index (χ2n) is 3.62. The minimum absolute atomic E-state index is 0. The number of nitrogens with zero attached hydrogens (tertiary/aromatic N) is 1. The molecule has 0 bridgehead atoms. The molecule has 0 heterocycles. The Morgan fingerprint density at radius 1 is 1.33 bits per heavy atom. The summed E-state index contributed by atoms with van der Waals surface area (Å²) in [5, 5.41) is 6.56. The summed E-state index contributed by atoms with van der Waals surface area (Å²) in [6.07, 6.45) is 3.31. The number of rotatable bonds is 6. The molecule has 0 unspecified atom stereocenters. The van der Waals surface area contributed by atoms with Gasteiger partial charge in [0.15, 0.2) is 5.96 Å². The van der Waals surface area contributed by atoms with Gasteiger partial charge in [0.1, 0.15) is 0 Å². The number of nitrogens with one attached hydrogen (secondary N) is 2. The van der Waals surface area contributed by atoms with Crippen LogP contribution in [0.5, 0.6) is 0 Å². The Kier molecular flexibility index (Phi) is 14.7. The van der Waals surface area contributed by atoms with Crippen molar-refractivity contribution in [3.8, 4) is 0 Å². The van der Waals surface area contributed by atoms with Crippen LogP contribution in [0.15, 0.2) is 4.99 Å². The highest BCUT2D eigenvalue weighted by molar-refractivity contribution is 14.0. The van der Waals surface area contributed by atoms with Gasteiger partial charge in [0.05, 0.1) is 0 Å². The van der Waals surface area contributed by atoms with Crippen LogP contribution in [0.25, 0.3) is 0 Å². The second-order valence-corrected chi connectivity index (χ2v) is 4.61. The Balaban J connectivity index is 0. The molecule has 0 aliphatic heterocycles. The molecule has 0 amide bonds. The molecule has 2 N–H and O–H groups in total. The van der Waals surface area contributed by atoms with E-state index in [1.54, 1.807) is 0 Å². The van der Waals surface area contributed by atoms with Crippen LogP contribution in [0.4, 0.5) is 0 Å². The van der Waals surface area contributed by atoms with Crippen LogP contribution in [-0.4, -0.2) is 38.1 Å². The molecule has 0 radical (unpaired) electrons. The number of halogens is 1. The summed E-state index contributed by atoms with van der Waals surface area (Å²) in [6.45, 7) is 6.35. The third kappa shape index (κ3) is 12.3. The lowest BCUT2D eigenvalue weighted by atomic mass is 10.2. The maximum atomic E-state index is 4.15. The molecule has 0 atom stereocenters. The molecule has 3 nitrogen and oxygen atoms in total. The van der Waals surface area contributed by atoms with Crippen molar-refractivity contribution in [2.45, 2.75) is 20.3 Å². The standard InChI is InChI=1S/C10H23N3S.HI/c1-9(2)8-13-10(11-3)12-6-5-7-14-4;/h9H,5-8H2,1-4H3,(H2,11,12,13);1H. The van der Waals surface area contributed by atoms with Gasteiger partial charge in [-0.25, -0.2) is 0 Å². The van der Waals surface area contributed by atoms with E-state index in [2.05, 4.69) is 35.7 Å². The van der Waals surface area contributed by atoms with Crippen LogP contribution in [0, 0.1) is 5.92 Å².